The quantitative estimate of drug-likeness (QED) is 0.678. The molecule has 4 heteroatoms. The summed E-state index contributed by atoms with van der Waals surface area (Å²) >= 11 is 0. The molecule has 0 unspecified atom stereocenters. The largest absolute Gasteiger partial charge is 0.396 e. The third-order valence-electron chi connectivity index (χ3n) is 1.79. The van der Waals surface area contributed by atoms with Crippen LogP contribution in [-0.4, -0.2) is 23.0 Å². The average molecular weight is 169 g/mol. The van der Waals surface area contributed by atoms with E-state index in [0.29, 0.717) is 6.61 Å². The monoisotopic (exact) mass is 169 g/mol. The van der Waals surface area contributed by atoms with Crippen molar-refractivity contribution >= 4 is 5.69 Å². The molecule has 0 fully saturated rings. The third kappa shape index (κ3) is 1.98. The van der Waals surface area contributed by atoms with Gasteiger partial charge in [-0.3, -0.25) is 4.68 Å². The van der Waals surface area contributed by atoms with Gasteiger partial charge in [0.25, 0.3) is 0 Å². The highest BCUT2D eigenvalue weighted by molar-refractivity contribution is 5.39. The Kier molecular flexibility index (Phi) is 3.10. The predicted molar refractivity (Wildman–Crippen MR) is 47.9 cm³/mol. The lowest BCUT2D eigenvalue weighted by Crippen LogP contribution is -2.08. The lowest BCUT2D eigenvalue weighted by atomic mass is 10.4. The maximum atomic E-state index is 5.62. The Hall–Kier alpha value is -1.03. The molecule has 0 bridgehead atoms. The summed E-state index contributed by atoms with van der Waals surface area (Å²) in [6.45, 7) is 6.14. The highest BCUT2D eigenvalue weighted by Gasteiger charge is 2.01. The maximum absolute atomic E-state index is 5.62. The molecular formula is C8H15N3O. The Morgan fingerprint density at radius 2 is 2.42 bits per heavy atom. The molecule has 0 saturated heterocycles. The zero-order chi connectivity index (χ0) is 8.97. The molecule has 0 radical (unpaired) electrons. The molecule has 0 atom stereocenters. The first-order chi connectivity index (χ1) is 5.75. The summed E-state index contributed by atoms with van der Waals surface area (Å²) in [5, 5.41) is 4.10. The van der Waals surface area contributed by atoms with Gasteiger partial charge in [-0.2, -0.15) is 5.10 Å². The van der Waals surface area contributed by atoms with Gasteiger partial charge in [0.2, 0.25) is 0 Å². The van der Waals surface area contributed by atoms with Crippen LogP contribution in [0.25, 0.3) is 0 Å². The molecule has 12 heavy (non-hydrogen) atoms. The first-order valence-electron chi connectivity index (χ1n) is 4.11. The highest BCUT2D eigenvalue weighted by Crippen LogP contribution is 2.07. The number of rotatable bonds is 4. The van der Waals surface area contributed by atoms with Crippen LogP contribution in [0.3, 0.4) is 0 Å². The fraction of sp³-hybridized carbons (Fsp3) is 0.625. The van der Waals surface area contributed by atoms with E-state index in [1.165, 1.54) is 0 Å². The first kappa shape index (κ1) is 9.06. The van der Waals surface area contributed by atoms with Crippen LogP contribution in [0.5, 0.6) is 0 Å². The van der Waals surface area contributed by atoms with Gasteiger partial charge in [0.05, 0.1) is 30.7 Å². The summed E-state index contributed by atoms with van der Waals surface area (Å²) in [6.07, 6.45) is 1.67. The molecule has 0 amide bonds. The van der Waals surface area contributed by atoms with Crippen molar-refractivity contribution in [2.75, 3.05) is 18.9 Å². The van der Waals surface area contributed by atoms with E-state index in [2.05, 4.69) is 5.10 Å². The molecule has 1 heterocycles. The lowest BCUT2D eigenvalue weighted by Gasteiger charge is -2.03. The van der Waals surface area contributed by atoms with Crippen LogP contribution >= 0.6 is 0 Å². The number of ether oxygens (including phenoxy) is 1. The summed E-state index contributed by atoms with van der Waals surface area (Å²) < 4.78 is 7.05. The molecule has 0 aliphatic rings. The minimum Gasteiger partial charge on any atom is -0.396 e. The van der Waals surface area contributed by atoms with Crippen molar-refractivity contribution in [3.63, 3.8) is 0 Å². The minimum absolute atomic E-state index is 0.693. The van der Waals surface area contributed by atoms with Crippen molar-refractivity contribution in [2.45, 2.75) is 20.4 Å². The Morgan fingerprint density at radius 3 is 2.92 bits per heavy atom. The van der Waals surface area contributed by atoms with E-state index in [4.69, 9.17) is 10.5 Å². The molecule has 1 aromatic rings. The molecule has 0 saturated carbocycles. The zero-order valence-corrected chi connectivity index (χ0v) is 7.58. The third-order valence-corrected chi connectivity index (χ3v) is 1.79. The van der Waals surface area contributed by atoms with Crippen LogP contribution in [0.1, 0.15) is 12.6 Å². The molecule has 0 aliphatic heterocycles. The van der Waals surface area contributed by atoms with E-state index in [9.17, 15) is 0 Å². The van der Waals surface area contributed by atoms with Crippen molar-refractivity contribution in [3.05, 3.63) is 11.9 Å². The SMILES string of the molecule is CCOCCn1ncc(N)c1C. The maximum Gasteiger partial charge on any atom is 0.0730 e. The first-order valence-corrected chi connectivity index (χ1v) is 4.11. The van der Waals surface area contributed by atoms with Crippen molar-refractivity contribution in [1.29, 1.82) is 0 Å². The van der Waals surface area contributed by atoms with Crippen LogP contribution in [0, 0.1) is 6.92 Å². The summed E-state index contributed by atoms with van der Waals surface area (Å²) in [5.41, 5.74) is 7.37. The highest BCUT2D eigenvalue weighted by atomic mass is 16.5. The second-order valence-corrected chi connectivity index (χ2v) is 2.61. The number of nitrogens with two attached hydrogens (primary N) is 1. The summed E-state index contributed by atoms with van der Waals surface area (Å²) in [6, 6.07) is 0. The van der Waals surface area contributed by atoms with Crippen LogP contribution in [0.15, 0.2) is 6.20 Å². The Morgan fingerprint density at radius 1 is 1.67 bits per heavy atom. The van der Waals surface area contributed by atoms with Gasteiger partial charge < -0.3 is 10.5 Å². The second-order valence-electron chi connectivity index (χ2n) is 2.61. The molecule has 2 N–H and O–H groups in total. The lowest BCUT2D eigenvalue weighted by molar-refractivity contribution is 0.136. The Bertz CT molecular complexity index is 244. The smallest absolute Gasteiger partial charge is 0.0730 e. The van der Waals surface area contributed by atoms with Gasteiger partial charge in [-0.05, 0) is 13.8 Å². The van der Waals surface area contributed by atoms with Gasteiger partial charge in [-0.25, -0.2) is 0 Å². The number of hydrogen-bond donors (Lipinski definition) is 1. The zero-order valence-electron chi connectivity index (χ0n) is 7.58. The molecular weight excluding hydrogens is 154 g/mol. The topological polar surface area (TPSA) is 53.1 Å². The van der Waals surface area contributed by atoms with E-state index < -0.39 is 0 Å². The van der Waals surface area contributed by atoms with Gasteiger partial charge in [-0.15, -0.1) is 0 Å². The van der Waals surface area contributed by atoms with Crippen molar-refractivity contribution < 1.29 is 4.74 Å². The van der Waals surface area contributed by atoms with Gasteiger partial charge in [0.1, 0.15) is 0 Å². The number of nitrogen functional groups attached to an aromatic ring is 1. The Labute approximate surface area is 72.3 Å². The number of hydrogen-bond acceptors (Lipinski definition) is 3. The summed E-state index contributed by atoms with van der Waals surface area (Å²) in [7, 11) is 0. The summed E-state index contributed by atoms with van der Waals surface area (Å²) in [5.74, 6) is 0. The number of aromatic nitrogens is 2. The Balaban J connectivity index is 2.46. The van der Waals surface area contributed by atoms with Gasteiger partial charge in [0, 0.05) is 6.61 Å². The van der Waals surface area contributed by atoms with Crippen LogP contribution in [-0.2, 0) is 11.3 Å². The second kappa shape index (κ2) is 4.11. The van der Waals surface area contributed by atoms with E-state index >= 15 is 0 Å². The molecule has 0 spiro atoms. The summed E-state index contributed by atoms with van der Waals surface area (Å²) in [4.78, 5) is 0. The molecule has 0 aliphatic carbocycles. The van der Waals surface area contributed by atoms with Crippen LogP contribution < -0.4 is 5.73 Å². The van der Waals surface area contributed by atoms with Gasteiger partial charge >= 0.3 is 0 Å². The fourth-order valence-corrected chi connectivity index (χ4v) is 0.982. The number of anilines is 1. The average Bonchev–Trinajstić information content (AvgIpc) is 2.36. The van der Waals surface area contributed by atoms with Crippen LogP contribution in [0.4, 0.5) is 5.69 Å². The molecule has 0 aromatic carbocycles. The van der Waals surface area contributed by atoms with Gasteiger partial charge in [-0.1, -0.05) is 0 Å². The van der Waals surface area contributed by atoms with E-state index in [-0.39, 0.29) is 0 Å². The van der Waals surface area contributed by atoms with Crippen LogP contribution in [0.2, 0.25) is 0 Å². The van der Waals surface area contributed by atoms with E-state index in [0.717, 1.165) is 24.5 Å². The minimum atomic E-state index is 0.693. The van der Waals surface area contributed by atoms with Crippen molar-refractivity contribution in [3.8, 4) is 0 Å². The van der Waals surface area contributed by atoms with E-state index in [1.807, 2.05) is 18.5 Å². The molecule has 68 valence electrons. The van der Waals surface area contributed by atoms with Crippen molar-refractivity contribution in [1.82, 2.24) is 9.78 Å². The molecule has 1 aromatic heterocycles. The standard InChI is InChI=1S/C8H15N3O/c1-3-12-5-4-11-7(2)8(9)6-10-11/h6H,3-5,9H2,1-2H3. The van der Waals surface area contributed by atoms with Gasteiger partial charge in [0.15, 0.2) is 0 Å². The van der Waals surface area contributed by atoms with E-state index in [1.54, 1.807) is 6.20 Å². The fourth-order valence-electron chi connectivity index (χ4n) is 0.982. The van der Waals surface area contributed by atoms with Crippen molar-refractivity contribution in [2.24, 2.45) is 0 Å². The predicted octanol–water partition coefficient (Wildman–Crippen LogP) is 0.810. The number of nitrogens with zero attached hydrogens (tertiary/aromatic N) is 2. The molecule has 1 rings (SSSR count). The molecule has 4 nitrogen and oxygen atoms in total. The normalized spacial score (nSPS) is 10.5.